The van der Waals surface area contributed by atoms with Gasteiger partial charge in [0.25, 0.3) is 0 Å². The quantitative estimate of drug-likeness (QED) is 0.388. The SMILES string of the molecule is CC(C)(C)N([SiH3])[SiH3].CC1=C(C)C(C)=C(C)C1.[Cl-].[Cl-].[Ti+2]. The fourth-order valence-corrected chi connectivity index (χ4v) is 1.30. The molecule has 0 atom stereocenters. The Balaban J connectivity index is -0.000000105. The Morgan fingerprint density at radius 1 is 0.842 bits per heavy atom. The minimum Gasteiger partial charge on any atom is -1.00 e. The van der Waals surface area contributed by atoms with E-state index in [0.29, 0.717) is 5.54 Å². The van der Waals surface area contributed by atoms with Crippen molar-refractivity contribution in [2.45, 2.75) is 60.4 Å². The van der Waals surface area contributed by atoms with E-state index < -0.39 is 0 Å². The molecule has 112 valence electrons. The van der Waals surface area contributed by atoms with Gasteiger partial charge in [-0.2, -0.15) is 0 Å². The molecule has 0 aliphatic heterocycles. The molecule has 0 N–H and O–H groups in total. The number of hydrogen-bond donors (Lipinski definition) is 0. The maximum atomic E-state index is 2.47. The van der Waals surface area contributed by atoms with Gasteiger partial charge in [0.2, 0.25) is 0 Å². The molecule has 6 heteroatoms. The van der Waals surface area contributed by atoms with Gasteiger partial charge >= 0.3 is 21.7 Å². The summed E-state index contributed by atoms with van der Waals surface area (Å²) in [6.07, 6.45) is 1.21. The average molecular weight is 374 g/mol. The topological polar surface area (TPSA) is 3.24 Å². The summed E-state index contributed by atoms with van der Waals surface area (Å²) >= 11 is 0. The minimum absolute atomic E-state index is 0. The zero-order valence-electron chi connectivity index (χ0n) is 13.9. The molecular formula is C13H29Cl2NSi2Ti. The minimum atomic E-state index is 0. The van der Waals surface area contributed by atoms with E-state index in [-0.39, 0.29) is 46.5 Å². The van der Waals surface area contributed by atoms with Crippen LogP contribution in [0, 0.1) is 0 Å². The number of rotatable bonds is 0. The Morgan fingerprint density at radius 3 is 1.11 bits per heavy atom. The normalized spacial score (nSPS) is 14.5. The van der Waals surface area contributed by atoms with Gasteiger partial charge in [-0.05, 0) is 71.6 Å². The molecule has 0 unspecified atom stereocenters. The standard InChI is InChI=1S/C9H14.C4H15NSi2.2ClH.Ti/c1-6-5-7(2)9(4)8(6)3;1-4(2,3)5(6)7;;;/h5H2,1-4H3;1-3,6-7H3;2*1H;/q;;;;+2/p-2. The van der Waals surface area contributed by atoms with E-state index in [1.54, 1.807) is 11.1 Å². The van der Waals surface area contributed by atoms with Gasteiger partial charge in [-0.15, -0.1) is 0 Å². The molecule has 1 nitrogen and oxygen atoms in total. The Kier molecular flexibility index (Phi) is 17.6. The van der Waals surface area contributed by atoms with Crippen LogP contribution in [0.4, 0.5) is 0 Å². The van der Waals surface area contributed by atoms with E-state index >= 15 is 0 Å². The number of hydrogen-bond acceptors (Lipinski definition) is 1. The molecule has 0 aromatic heterocycles. The van der Waals surface area contributed by atoms with Crippen molar-refractivity contribution in [3.05, 3.63) is 22.3 Å². The van der Waals surface area contributed by atoms with Gasteiger partial charge in [-0.3, -0.25) is 0 Å². The monoisotopic (exact) mass is 373 g/mol. The van der Waals surface area contributed by atoms with Crippen LogP contribution in [0.15, 0.2) is 22.3 Å². The second-order valence-electron chi connectivity index (χ2n) is 6.05. The van der Waals surface area contributed by atoms with Gasteiger partial charge in [0.05, 0.1) is 20.8 Å². The van der Waals surface area contributed by atoms with Crippen LogP contribution in [0.1, 0.15) is 54.9 Å². The van der Waals surface area contributed by atoms with Crippen molar-refractivity contribution in [2.24, 2.45) is 0 Å². The third kappa shape index (κ3) is 10.5. The summed E-state index contributed by atoms with van der Waals surface area (Å²) in [5.74, 6) is 0. The number of halogens is 2. The van der Waals surface area contributed by atoms with Crippen molar-refractivity contribution in [1.82, 2.24) is 4.23 Å². The second-order valence-corrected chi connectivity index (χ2v) is 10.5. The van der Waals surface area contributed by atoms with Crippen molar-refractivity contribution in [2.75, 3.05) is 0 Å². The Morgan fingerprint density at radius 2 is 1.05 bits per heavy atom. The predicted octanol–water partition coefficient (Wildman–Crippen LogP) is -4.28. The molecule has 0 aromatic carbocycles. The van der Waals surface area contributed by atoms with Gasteiger partial charge in [0.15, 0.2) is 0 Å². The van der Waals surface area contributed by atoms with Crippen LogP contribution >= 0.6 is 0 Å². The zero-order valence-corrected chi connectivity index (χ0v) is 21.0. The van der Waals surface area contributed by atoms with Crippen molar-refractivity contribution < 1.29 is 46.5 Å². The van der Waals surface area contributed by atoms with Gasteiger partial charge < -0.3 is 29.0 Å². The van der Waals surface area contributed by atoms with Gasteiger partial charge in [-0.25, -0.2) is 0 Å². The summed E-state index contributed by atoms with van der Waals surface area (Å²) in [7, 11) is 2.45. The summed E-state index contributed by atoms with van der Waals surface area (Å²) in [6.45, 7) is 15.6. The molecule has 19 heavy (non-hydrogen) atoms. The smallest absolute Gasteiger partial charge is 1.00 e. The summed E-state index contributed by atoms with van der Waals surface area (Å²) < 4.78 is 2.47. The van der Waals surface area contributed by atoms with Crippen LogP contribution in [0.25, 0.3) is 0 Å². The first-order valence-electron chi connectivity index (χ1n) is 6.08. The molecule has 0 aromatic rings. The summed E-state index contributed by atoms with van der Waals surface area (Å²) in [5.41, 5.74) is 6.56. The van der Waals surface area contributed by atoms with E-state index in [0.717, 1.165) is 0 Å². The fourth-order valence-electron chi connectivity index (χ4n) is 1.30. The molecule has 0 amide bonds. The van der Waals surface area contributed by atoms with E-state index in [1.165, 1.54) is 38.4 Å². The second kappa shape index (κ2) is 11.8. The van der Waals surface area contributed by atoms with Crippen LogP contribution in [0.2, 0.25) is 0 Å². The van der Waals surface area contributed by atoms with Crippen LogP contribution in [0.5, 0.6) is 0 Å². The molecule has 0 spiro atoms. The van der Waals surface area contributed by atoms with Crippen molar-refractivity contribution in [3.8, 4) is 0 Å². The first kappa shape index (κ1) is 28.3. The van der Waals surface area contributed by atoms with Gasteiger partial charge in [-0.1, -0.05) is 11.1 Å². The summed E-state index contributed by atoms with van der Waals surface area (Å²) in [5, 5.41) is 0. The molecule has 1 rings (SSSR count). The zero-order chi connectivity index (χ0) is 13.1. The Hall–Kier alpha value is 1.17. The molecule has 1 aliphatic rings. The van der Waals surface area contributed by atoms with Crippen LogP contribution < -0.4 is 24.8 Å². The number of allylic oxidation sites excluding steroid dienone is 4. The maximum Gasteiger partial charge on any atom is 2.00 e. The van der Waals surface area contributed by atoms with E-state index in [9.17, 15) is 0 Å². The molecule has 0 bridgehead atoms. The van der Waals surface area contributed by atoms with E-state index in [1.807, 2.05) is 0 Å². The number of nitrogens with zero attached hydrogens (tertiary/aromatic N) is 1. The summed E-state index contributed by atoms with van der Waals surface area (Å²) in [4.78, 5) is 0. The maximum absolute atomic E-state index is 2.47. The largest absolute Gasteiger partial charge is 2.00 e. The predicted molar refractivity (Wildman–Crippen MR) is 82.8 cm³/mol. The molecule has 1 aliphatic carbocycles. The van der Waals surface area contributed by atoms with Gasteiger partial charge in [0, 0.05) is 0 Å². The third-order valence-electron chi connectivity index (χ3n) is 3.71. The van der Waals surface area contributed by atoms with Crippen LogP contribution in [0.3, 0.4) is 0 Å². The van der Waals surface area contributed by atoms with Crippen LogP contribution in [-0.4, -0.2) is 30.6 Å². The summed E-state index contributed by atoms with van der Waals surface area (Å²) in [6, 6.07) is 0. The molecule has 0 heterocycles. The molecule has 0 saturated carbocycles. The first-order valence-corrected chi connectivity index (χ1v) is 7.86. The average Bonchev–Trinajstić information content (AvgIpc) is 2.33. The molecule has 0 radical (unpaired) electrons. The third-order valence-corrected chi connectivity index (χ3v) is 6.40. The first-order chi connectivity index (χ1) is 7.07. The molecule has 0 fully saturated rings. The molecule has 0 saturated heterocycles. The van der Waals surface area contributed by atoms with Crippen molar-refractivity contribution in [3.63, 3.8) is 0 Å². The van der Waals surface area contributed by atoms with Crippen molar-refractivity contribution >= 4 is 20.8 Å². The van der Waals surface area contributed by atoms with Crippen LogP contribution in [-0.2, 0) is 21.7 Å². The molecular weight excluding hydrogens is 345 g/mol. The Bertz CT molecular complexity index is 299. The Labute approximate surface area is 153 Å². The fraction of sp³-hybridized carbons (Fsp3) is 0.692. The van der Waals surface area contributed by atoms with E-state index in [4.69, 9.17) is 0 Å². The van der Waals surface area contributed by atoms with Crippen molar-refractivity contribution in [1.29, 1.82) is 0 Å². The van der Waals surface area contributed by atoms with E-state index in [2.05, 4.69) is 52.7 Å². The van der Waals surface area contributed by atoms with Gasteiger partial charge in [0.1, 0.15) is 0 Å².